The maximum Gasteiger partial charge on any atom is 0.0600 e. The molecule has 2 saturated heterocycles. The normalized spacial score (nSPS) is 35.6. The van der Waals surface area contributed by atoms with E-state index in [9.17, 15) is 5.11 Å². The summed E-state index contributed by atoms with van der Waals surface area (Å²) in [5.41, 5.74) is 0. The fourth-order valence-corrected chi connectivity index (χ4v) is 2.75. The second-order valence-corrected chi connectivity index (χ2v) is 4.89. The number of aliphatic hydroxyl groups is 1. The second-order valence-electron chi connectivity index (χ2n) is 4.89. The summed E-state index contributed by atoms with van der Waals surface area (Å²) in [6, 6.07) is 0. The molecule has 0 aromatic heterocycles. The van der Waals surface area contributed by atoms with Gasteiger partial charge in [-0.15, -0.1) is 0 Å². The van der Waals surface area contributed by atoms with Crippen molar-refractivity contribution >= 4 is 0 Å². The molecule has 0 aromatic rings. The largest absolute Gasteiger partial charge is 0.393 e. The Morgan fingerprint density at radius 3 is 2.53 bits per heavy atom. The van der Waals surface area contributed by atoms with E-state index in [0.29, 0.717) is 11.8 Å². The highest BCUT2D eigenvalue weighted by Gasteiger charge is 2.32. The first-order valence-corrected chi connectivity index (χ1v) is 6.15. The van der Waals surface area contributed by atoms with Crippen LogP contribution in [0.3, 0.4) is 0 Å². The maximum atomic E-state index is 10.2. The first kappa shape index (κ1) is 11.4. The van der Waals surface area contributed by atoms with Crippen LogP contribution in [-0.4, -0.2) is 37.1 Å². The van der Waals surface area contributed by atoms with Gasteiger partial charge in [-0.3, -0.25) is 0 Å². The summed E-state index contributed by atoms with van der Waals surface area (Å²) < 4.78 is 10.8. The summed E-state index contributed by atoms with van der Waals surface area (Å²) in [5, 5.41) is 10.2. The average molecular weight is 214 g/mol. The van der Waals surface area contributed by atoms with Gasteiger partial charge in [0.15, 0.2) is 0 Å². The molecule has 3 nitrogen and oxygen atoms in total. The molecule has 2 fully saturated rings. The Morgan fingerprint density at radius 2 is 1.93 bits per heavy atom. The van der Waals surface area contributed by atoms with Crippen molar-refractivity contribution in [3.05, 3.63) is 0 Å². The van der Waals surface area contributed by atoms with Gasteiger partial charge in [-0.25, -0.2) is 0 Å². The van der Waals surface area contributed by atoms with Crippen molar-refractivity contribution in [1.82, 2.24) is 0 Å². The third kappa shape index (κ3) is 2.92. The molecule has 0 aliphatic carbocycles. The topological polar surface area (TPSA) is 38.7 Å². The summed E-state index contributed by atoms with van der Waals surface area (Å²) >= 11 is 0. The lowest BCUT2D eigenvalue weighted by molar-refractivity contribution is 0.00819. The van der Waals surface area contributed by atoms with E-state index < -0.39 is 0 Å². The lowest BCUT2D eigenvalue weighted by Gasteiger charge is -2.27. The van der Waals surface area contributed by atoms with Crippen molar-refractivity contribution in [3.63, 3.8) is 0 Å². The molecule has 0 radical (unpaired) electrons. The Hall–Kier alpha value is -0.120. The van der Waals surface area contributed by atoms with Crippen LogP contribution in [0.5, 0.6) is 0 Å². The van der Waals surface area contributed by atoms with Crippen LogP contribution < -0.4 is 0 Å². The first-order chi connectivity index (χ1) is 7.27. The van der Waals surface area contributed by atoms with Crippen LogP contribution in [0.2, 0.25) is 0 Å². The van der Waals surface area contributed by atoms with Crippen LogP contribution in [0.15, 0.2) is 0 Å². The van der Waals surface area contributed by atoms with Gasteiger partial charge in [0.05, 0.1) is 12.2 Å². The highest BCUT2D eigenvalue weighted by molar-refractivity contribution is 4.81. The fourth-order valence-electron chi connectivity index (χ4n) is 2.75. The summed E-state index contributed by atoms with van der Waals surface area (Å²) in [7, 11) is 0. The highest BCUT2D eigenvalue weighted by Crippen LogP contribution is 2.29. The van der Waals surface area contributed by atoms with Crippen molar-refractivity contribution < 1.29 is 14.6 Å². The highest BCUT2D eigenvalue weighted by atomic mass is 16.5. The predicted molar refractivity (Wildman–Crippen MR) is 57.7 cm³/mol. The number of aliphatic hydroxyl groups excluding tert-OH is 1. The molecule has 3 unspecified atom stereocenters. The molecule has 3 heteroatoms. The van der Waals surface area contributed by atoms with E-state index in [0.717, 1.165) is 45.5 Å². The molecule has 1 N–H and O–H groups in total. The monoisotopic (exact) mass is 214 g/mol. The molecular weight excluding hydrogens is 192 g/mol. The Labute approximate surface area is 91.8 Å². The van der Waals surface area contributed by atoms with Crippen molar-refractivity contribution in [3.8, 4) is 0 Å². The van der Waals surface area contributed by atoms with Crippen molar-refractivity contribution in [2.45, 2.75) is 44.8 Å². The SMILES string of the molecule is CC1OCCC1C(O)CC1CCOCC1. The lowest BCUT2D eigenvalue weighted by atomic mass is 9.86. The van der Waals surface area contributed by atoms with E-state index in [4.69, 9.17) is 9.47 Å². The van der Waals surface area contributed by atoms with Crippen molar-refractivity contribution in [2.75, 3.05) is 19.8 Å². The van der Waals surface area contributed by atoms with Crippen molar-refractivity contribution in [1.29, 1.82) is 0 Å². The molecule has 2 rings (SSSR count). The third-order valence-electron chi connectivity index (χ3n) is 3.84. The van der Waals surface area contributed by atoms with Crippen LogP contribution in [0, 0.1) is 11.8 Å². The van der Waals surface area contributed by atoms with Gasteiger partial charge in [0, 0.05) is 25.7 Å². The van der Waals surface area contributed by atoms with Gasteiger partial charge in [-0.05, 0) is 38.5 Å². The molecule has 2 aliphatic rings. The number of ether oxygens (including phenoxy) is 2. The smallest absolute Gasteiger partial charge is 0.0600 e. The molecule has 0 spiro atoms. The van der Waals surface area contributed by atoms with Crippen molar-refractivity contribution in [2.24, 2.45) is 11.8 Å². The van der Waals surface area contributed by atoms with Crippen LogP contribution in [0.4, 0.5) is 0 Å². The van der Waals surface area contributed by atoms with E-state index in [1.54, 1.807) is 0 Å². The molecular formula is C12H22O3. The van der Waals surface area contributed by atoms with E-state index >= 15 is 0 Å². The summed E-state index contributed by atoms with van der Waals surface area (Å²) in [6.45, 7) is 4.63. The minimum atomic E-state index is -0.175. The third-order valence-corrected chi connectivity index (χ3v) is 3.84. The van der Waals surface area contributed by atoms with Crippen LogP contribution in [0.1, 0.15) is 32.6 Å². The number of hydrogen-bond donors (Lipinski definition) is 1. The zero-order valence-electron chi connectivity index (χ0n) is 9.52. The molecule has 0 bridgehead atoms. The standard InChI is InChI=1S/C12H22O3/c1-9-11(4-7-15-9)12(13)8-10-2-5-14-6-3-10/h9-13H,2-8H2,1H3. The summed E-state index contributed by atoms with van der Waals surface area (Å²) in [6.07, 6.45) is 4.23. The van der Waals surface area contributed by atoms with Gasteiger partial charge in [-0.1, -0.05) is 0 Å². The van der Waals surface area contributed by atoms with Crippen LogP contribution >= 0.6 is 0 Å². The average Bonchev–Trinajstić information content (AvgIpc) is 2.66. The van der Waals surface area contributed by atoms with E-state index in [1.165, 1.54) is 0 Å². The minimum Gasteiger partial charge on any atom is -0.393 e. The van der Waals surface area contributed by atoms with Gasteiger partial charge in [0.1, 0.15) is 0 Å². The Balaban J connectivity index is 1.77. The van der Waals surface area contributed by atoms with E-state index in [2.05, 4.69) is 6.92 Å². The molecule has 0 amide bonds. The van der Waals surface area contributed by atoms with Crippen LogP contribution in [0.25, 0.3) is 0 Å². The minimum absolute atomic E-state index is 0.175. The molecule has 3 atom stereocenters. The zero-order valence-corrected chi connectivity index (χ0v) is 9.52. The van der Waals surface area contributed by atoms with Gasteiger partial charge in [0.2, 0.25) is 0 Å². The molecule has 88 valence electrons. The Morgan fingerprint density at radius 1 is 1.20 bits per heavy atom. The van der Waals surface area contributed by atoms with Gasteiger partial charge >= 0.3 is 0 Å². The van der Waals surface area contributed by atoms with E-state index in [-0.39, 0.29) is 12.2 Å². The second kappa shape index (κ2) is 5.28. The summed E-state index contributed by atoms with van der Waals surface area (Å²) in [5.74, 6) is 1.01. The van der Waals surface area contributed by atoms with Gasteiger partial charge in [0.25, 0.3) is 0 Å². The zero-order chi connectivity index (χ0) is 10.7. The Kier molecular flexibility index (Phi) is 4.00. The first-order valence-electron chi connectivity index (χ1n) is 6.15. The van der Waals surface area contributed by atoms with Gasteiger partial charge in [-0.2, -0.15) is 0 Å². The van der Waals surface area contributed by atoms with E-state index in [1.807, 2.05) is 0 Å². The molecule has 15 heavy (non-hydrogen) atoms. The maximum absolute atomic E-state index is 10.2. The summed E-state index contributed by atoms with van der Waals surface area (Å²) in [4.78, 5) is 0. The molecule has 0 saturated carbocycles. The Bertz CT molecular complexity index is 189. The lowest BCUT2D eigenvalue weighted by Crippen LogP contribution is -2.30. The fraction of sp³-hybridized carbons (Fsp3) is 1.00. The number of hydrogen-bond acceptors (Lipinski definition) is 3. The molecule has 2 aliphatic heterocycles. The van der Waals surface area contributed by atoms with Crippen LogP contribution in [-0.2, 0) is 9.47 Å². The van der Waals surface area contributed by atoms with Gasteiger partial charge < -0.3 is 14.6 Å². The number of rotatable bonds is 3. The quantitative estimate of drug-likeness (QED) is 0.775. The predicted octanol–water partition coefficient (Wildman–Crippen LogP) is 1.59. The molecule has 0 aromatic carbocycles. The molecule has 2 heterocycles.